The fraction of sp³-hybridized carbons (Fsp3) is 1.00. The van der Waals surface area contributed by atoms with Crippen molar-refractivity contribution in [1.82, 2.24) is 0 Å². The predicted octanol–water partition coefficient (Wildman–Crippen LogP) is -2.13. The first kappa shape index (κ1) is 20.7. The van der Waals surface area contributed by atoms with E-state index < -0.39 is 30.7 Å². The largest absolute Gasteiger partial charge is 0.394 e. The Hall–Kier alpha value is -0.360. The van der Waals surface area contributed by atoms with Gasteiger partial charge in [-0.3, -0.25) is 0 Å². The van der Waals surface area contributed by atoms with Gasteiger partial charge in [-0.1, -0.05) is 0 Å². The number of aliphatic hydroxyl groups is 4. The van der Waals surface area contributed by atoms with E-state index in [1.165, 1.54) is 0 Å². The minimum absolute atomic E-state index is 0.00853. The van der Waals surface area contributed by atoms with Gasteiger partial charge in [-0.25, -0.2) is 0 Å². The van der Waals surface area contributed by atoms with E-state index in [2.05, 4.69) is 0 Å². The van der Waals surface area contributed by atoms with Gasteiger partial charge in [0.25, 0.3) is 0 Å². The Bertz CT molecular complexity index is 291. The fourth-order valence-corrected chi connectivity index (χ4v) is 2.43. The molecule has 9 nitrogen and oxygen atoms in total. The number of ether oxygens (including phenoxy) is 5. The Morgan fingerprint density at radius 1 is 0.826 bits per heavy atom. The number of aliphatic hydroxyl groups excluding tert-OH is 4. The summed E-state index contributed by atoms with van der Waals surface area (Å²) in [5, 5.41) is 36.8. The van der Waals surface area contributed by atoms with Gasteiger partial charge in [0.1, 0.15) is 24.4 Å². The highest BCUT2D eigenvalue weighted by molar-refractivity contribution is 4.92. The molecule has 1 heterocycles. The van der Waals surface area contributed by atoms with Gasteiger partial charge in [-0.2, -0.15) is 0 Å². The Morgan fingerprint density at radius 2 is 1.43 bits per heavy atom. The molecule has 1 saturated heterocycles. The van der Waals surface area contributed by atoms with Crippen molar-refractivity contribution in [3.63, 3.8) is 0 Å². The van der Waals surface area contributed by atoms with Crippen LogP contribution in [-0.2, 0) is 23.7 Å². The van der Waals surface area contributed by atoms with Gasteiger partial charge in [-0.05, 0) is 6.92 Å². The van der Waals surface area contributed by atoms with Crippen molar-refractivity contribution < 1.29 is 44.1 Å². The maximum atomic E-state index is 10.1. The van der Waals surface area contributed by atoms with Crippen LogP contribution in [0, 0.1) is 0 Å². The van der Waals surface area contributed by atoms with Crippen molar-refractivity contribution in [2.45, 2.75) is 37.6 Å². The van der Waals surface area contributed by atoms with Crippen LogP contribution >= 0.6 is 0 Å². The predicted molar refractivity (Wildman–Crippen MR) is 77.9 cm³/mol. The molecule has 23 heavy (non-hydrogen) atoms. The van der Waals surface area contributed by atoms with Crippen molar-refractivity contribution >= 4 is 0 Å². The van der Waals surface area contributed by atoms with E-state index in [4.69, 9.17) is 39.0 Å². The first-order valence-corrected chi connectivity index (χ1v) is 7.78. The van der Waals surface area contributed by atoms with Gasteiger partial charge in [0.2, 0.25) is 0 Å². The highest BCUT2D eigenvalue weighted by Gasteiger charge is 2.47. The van der Waals surface area contributed by atoms with Crippen molar-refractivity contribution in [3.8, 4) is 0 Å². The van der Waals surface area contributed by atoms with Crippen LogP contribution in [0.15, 0.2) is 0 Å². The van der Waals surface area contributed by atoms with Crippen molar-refractivity contribution in [2.75, 3.05) is 52.9 Å². The first-order chi connectivity index (χ1) is 11.2. The topological polar surface area (TPSA) is 127 Å². The molecule has 138 valence electrons. The average Bonchev–Trinajstić information content (AvgIpc) is 2.54. The van der Waals surface area contributed by atoms with E-state index in [-0.39, 0.29) is 46.2 Å². The molecule has 1 fully saturated rings. The molecule has 0 radical (unpaired) electrons. The summed E-state index contributed by atoms with van der Waals surface area (Å²) in [6, 6.07) is 0. The summed E-state index contributed by atoms with van der Waals surface area (Å²) in [4.78, 5) is 0. The molecule has 5 atom stereocenters. The molecule has 0 aromatic carbocycles. The maximum absolute atomic E-state index is 10.1. The number of hydrogen-bond acceptors (Lipinski definition) is 9. The minimum atomic E-state index is -1.29. The van der Waals surface area contributed by atoms with E-state index in [0.29, 0.717) is 6.61 Å². The average molecular weight is 340 g/mol. The van der Waals surface area contributed by atoms with Gasteiger partial charge >= 0.3 is 0 Å². The lowest BCUT2D eigenvalue weighted by Gasteiger charge is -2.44. The van der Waals surface area contributed by atoms with Crippen molar-refractivity contribution in [1.29, 1.82) is 0 Å². The van der Waals surface area contributed by atoms with Crippen LogP contribution < -0.4 is 0 Å². The van der Waals surface area contributed by atoms with E-state index in [1.807, 2.05) is 6.92 Å². The van der Waals surface area contributed by atoms with Crippen molar-refractivity contribution in [2.24, 2.45) is 0 Å². The van der Waals surface area contributed by atoms with Crippen LogP contribution in [0.1, 0.15) is 6.92 Å². The van der Waals surface area contributed by atoms with Crippen LogP contribution in [0.4, 0.5) is 0 Å². The van der Waals surface area contributed by atoms with E-state index >= 15 is 0 Å². The standard InChI is InChI=1S/C14H28O9/c1-2-20-11-10(9-19-6-3-15)23-14(18)13(22-8-5-17)12(11)21-7-4-16/h10-18H,2-9H2,1H3. The lowest BCUT2D eigenvalue weighted by Crippen LogP contribution is -2.61. The summed E-state index contributed by atoms with van der Waals surface area (Å²) < 4.78 is 27.4. The second-order valence-electron chi connectivity index (χ2n) is 4.90. The highest BCUT2D eigenvalue weighted by Crippen LogP contribution is 2.27. The molecule has 0 aliphatic carbocycles. The third-order valence-electron chi connectivity index (χ3n) is 3.29. The maximum Gasteiger partial charge on any atom is 0.184 e. The number of hydrogen-bond donors (Lipinski definition) is 4. The van der Waals surface area contributed by atoms with Gasteiger partial charge in [0, 0.05) is 6.61 Å². The van der Waals surface area contributed by atoms with E-state index in [0.717, 1.165) is 0 Å². The lowest BCUT2D eigenvalue weighted by molar-refractivity contribution is -0.312. The Morgan fingerprint density at radius 3 is 2.00 bits per heavy atom. The monoisotopic (exact) mass is 340 g/mol. The van der Waals surface area contributed by atoms with Crippen LogP contribution in [0.25, 0.3) is 0 Å². The summed E-state index contributed by atoms with van der Waals surface area (Å²) >= 11 is 0. The second-order valence-corrected chi connectivity index (χ2v) is 4.90. The van der Waals surface area contributed by atoms with Gasteiger partial charge < -0.3 is 44.1 Å². The van der Waals surface area contributed by atoms with Crippen LogP contribution in [0.2, 0.25) is 0 Å². The molecule has 5 unspecified atom stereocenters. The van der Waals surface area contributed by atoms with Crippen LogP contribution in [0.3, 0.4) is 0 Å². The summed E-state index contributed by atoms with van der Waals surface area (Å²) in [6.07, 6.45) is -4.05. The Kier molecular flexibility index (Phi) is 10.9. The normalized spacial score (nSPS) is 31.4. The molecule has 1 aliphatic rings. The van der Waals surface area contributed by atoms with E-state index in [1.54, 1.807) is 0 Å². The first-order valence-electron chi connectivity index (χ1n) is 7.78. The molecule has 0 amide bonds. The van der Waals surface area contributed by atoms with E-state index in [9.17, 15) is 5.11 Å². The second kappa shape index (κ2) is 12.1. The molecule has 0 aromatic heterocycles. The molecular formula is C14H28O9. The van der Waals surface area contributed by atoms with Crippen LogP contribution in [0.5, 0.6) is 0 Å². The molecule has 1 aliphatic heterocycles. The fourth-order valence-electron chi connectivity index (χ4n) is 2.43. The van der Waals surface area contributed by atoms with Crippen molar-refractivity contribution in [3.05, 3.63) is 0 Å². The Balaban J connectivity index is 2.82. The molecule has 0 bridgehead atoms. The molecule has 9 heteroatoms. The minimum Gasteiger partial charge on any atom is -0.394 e. The molecule has 0 aromatic rings. The highest BCUT2D eigenvalue weighted by atomic mass is 16.7. The molecule has 4 N–H and O–H groups in total. The summed E-state index contributed by atoms with van der Waals surface area (Å²) in [6.45, 7) is 1.97. The molecule has 0 saturated carbocycles. The van der Waals surface area contributed by atoms with Gasteiger partial charge in [0.15, 0.2) is 6.29 Å². The number of rotatable bonds is 12. The van der Waals surface area contributed by atoms with Crippen LogP contribution in [-0.4, -0.2) is 104 Å². The lowest BCUT2D eigenvalue weighted by atomic mass is 9.98. The summed E-state index contributed by atoms with van der Waals surface area (Å²) in [7, 11) is 0. The zero-order valence-corrected chi connectivity index (χ0v) is 13.4. The molecule has 1 rings (SSSR count). The van der Waals surface area contributed by atoms with Gasteiger partial charge in [-0.15, -0.1) is 0 Å². The zero-order chi connectivity index (χ0) is 17.1. The third-order valence-corrected chi connectivity index (χ3v) is 3.29. The summed E-state index contributed by atoms with van der Waals surface area (Å²) in [5.74, 6) is 0. The molecule has 0 spiro atoms. The smallest absolute Gasteiger partial charge is 0.184 e. The Labute approximate surface area is 135 Å². The summed E-state index contributed by atoms with van der Waals surface area (Å²) in [5.41, 5.74) is 0. The van der Waals surface area contributed by atoms with Gasteiger partial charge in [0.05, 0.1) is 46.2 Å². The SMILES string of the molecule is CCOC1C(COCCO)OC(O)C(OCCO)C1OCCO. The third kappa shape index (κ3) is 6.57. The zero-order valence-electron chi connectivity index (χ0n) is 13.4. The quantitative estimate of drug-likeness (QED) is 0.295. The molecular weight excluding hydrogens is 312 g/mol.